The number of rotatable bonds is 7. The number of amides is 1. The highest BCUT2D eigenvalue weighted by atomic mass is 16.5. The van der Waals surface area contributed by atoms with Crippen LogP contribution in [0.2, 0.25) is 0 Å². The van der Waals surface area contributed by atoms with Gasteiger partial charge in [-0.1, -0.05) is 40.5 Å². The molecule has 0 bridgehead atoms. The average Bonchev–Trinajstić information content (AvgIpc) is 3.35. The van der Waals surface area contributed by atoms with E-state index in [1.165, 1.54) is 51.4 Å². The number of carbonyl (C=O) groups excluding carboxylic acids is 1. The Morgan fingerprint density at radius 1 is 1.05 bits per heavy atom. The quantitative estimate of drug-likeness (QED) is 0.330. The van der Waals surface area contributed by atoms with Crippen LogP contribution < -0.4 is 21.3 Å². The summed E-state index contributed by atoms with van der Waals surface area (Å²) in [5, 5.41) is 23.6. The zero-order valence-electron chi connectivity index (χ0n) is 23.7. The molecular weight excluding hydrogens is 466 g/mol. The first-order chi connectivity index (χ1) is 17.7. The maximum absolute atomic E-state index is 12.8. The molecule has 2 aliphatic heterocycles. The first-order valence-electron chi connectivity index (χ1n) is 15.3. The zero-order chi connectivity index (χ0) is 26.2. The summed E-state index contributed by atoms with van der Waals surface area (Å²) < 4.78 is 6.66. The molecule has 5 aliphatic rings. The summed E-state index contributed by atoms with van der Waals surface area (Å²) in [6.45, 7) is 12.3. The van der Waals surface area contributed by atoms with Crippen molar-refractivity contribution in [1.82, 2.24) is 26.2 Å². The number of piperazine rings is 1. The summed E-state index contributed by atoms with van der Waals surface area (Å²) in [5.41, 5.74) is 0.425. The number of carbonyl (C=O) groups is 1. The Morgan fingerprint density at radius 2 is 1.78 bits per heavy atom. The third-order valence-corrected chi connectivity index (χ3v) is 10.3. The van der Waals surface area contributed by atoms with Crippen molar-refractivity contribution in [2.75, 3.05) is 19.6 Å². The van der Waals surface area contributed by atoms with Gasteiger partial charge in [-0.15, -0.1) is 0 Å². The first kappa shape index (κ1) is 27.8. The highest BCUT2D eigenvalue weighted by Gasteiger charge is 2.51. The standard InChI is InChI=1S/C29H53N5O3/c1-18-15-22-23(16-24(18)37-21-7-5-6-8-21)34(26-25(31-22)27(35)33-28(36)32-26)14-13-30-17-19-9-11-20(12-10-19)29(2,3)4/h18-26,28,30-32,36H,5-17H2,1-4H3,(H,33,35)/t18?,19?,20?,22?,23?,24?,25?,26-,28?/m0/s1. The number of fused-ring (bicyclic) bond motifs is 2. The summed E-state index contributed by atoms with van der Waals surface area (Å²) in [6, 6.07) is 0.199. The Bertz CT molecular complexity index is 761. The van der Waals surface area contributed by atoms with Crippen LogP contribution in [0.1, 0.15) is 91.9 Å². The highest BCUT2D eigenvalue weighted by Crippen LogP contribution is 2.40. The highest BCUT2D eigenvalue weighted by molar-refractivity contribution is 5.83. The molecule has 5 N–H and O–H groups in total. The second kappa shape index (κ2) is 11.8. The monoisotopic (exact) mass is 519 g/mol. The molecule has 37 heavy (non-hydrogen) atoms. The van der Waals surface area contributed by atoms with Gasteiger partial charge in [0, 0.05) is 25.2 Å². The average molecular weight is 520 g/mol. The minimum atomic E-state index is -1.01. The molecule has 0 aromatic rings. The molecule has 7 atom stereocenters. The van der Waals surface area contributed by atoms with Crippen LogP contribution in [0.5, 0.6) is 0 Å². The lowest BCUT2D eigenvalue weighted by Crippen LogP contribution is -2.80. The lowest BCUT2D eigenvalue weighted by Gasteiger charge is -2.56. The zero-order valence-corrected chi connectivity index (χ0v) is 23.7. The number of aliphatic hydroxyl groups excluding tert-OH is 1. The molecule has 0 radical (unpaired) electrons. The van der Waals surface area contributed by atoms with Crippen LogP contribution >= 0.6 is 0 Å². The predicted molar refractivity (Wildman–Crippen MR) is 146 cm³/mol. The second-order valence-electron chi connectivity index (χ2n) is 13.9. The molecule has 3 aliphatic carbocycles. The van der Waals surface area contributed by atoms with Crippen LogP contribution in [0.4, 0.5) is 0 Å². The Balaban J connectivity index is 1.19. The fraction of sp³-hybridized carbons (Fsp3) is 0.966. The maximum atomic E-state index is 12.8. The smallest absolute Gasteiger partial charge is 0.243 e. The van der Waals surface area contributed by atoms with Crippen LogP contribution in [0.3, 0.4) is 0 Å². The molecule has 1 amide bonds. The summed E-state index contributed by atoms with van der Waals surface area (Å²) in [5.74, 6) is 1.98. The van der Waals surface area contributed by atoms with Crippen molar-refractivity contribution in [3.05, 3.63) is 0 Å². The van der Waals surface area contributed by atoms with Crippen molar-refractivity contribution in [1.29, 1.82) is 0 Å². The van der Waals surface area contributed by atoms with E-state index < -0.39 is 6.35 Å². The molecule has 5 rings (SSSR count). The molecule has 5 fully saturated rings. The third kappa shape index (κ3) is 6.52. The van der Waals surface area contributed by atoms with Gasteiger partial charge >= 0.3 is 0 Å². The van der Waals surface area contributed by atoms with Gasteiger partial charge in [0.05, 0.1) is 18.4 Å². The molecule has 0 aromatic carbocycles. The van der Waals surface area contributed by atoms with Gasteiger partial charge in [0.2, 0.25) is 5.91 Å². The minimum Gasteiger partial charge on any atom is -0.375 e. The van der Waals surface area contributed by atoms with E-state index in [0.29, 0.717) is 23.5 Å². The Kier molecular flexibility index (Phi) is 8.84. The number of nitrogens with zero attached hydrogens (tertiary/aromatic N) is 1. The van der Waals surface area contributed by atoms with Gasteiger partial charge in [0.15, 0.2) is 6.35 Å². The van der Waals surface area contributed by atoms with E-state index in [9.17, 15) is 9.90 Å². The number of ether oxygens (including phenoxy) is 1. The molecule has 6 unspecified atom stereocenters. The Hall–Kier alpha value is -0.770. The van der Waals surface area contributed by atoms with E-state index in [4.69, 9.17) is 4.74 Å². The largest absolute Gasteiger partial charge is 0.375 e. The van der Waals surface area contributed by atoms with Crippen LogP contribution in [0, 0.1) is 23.2 Å². The molecule has 212 valence electrons. The van der Waals surface area contributed by atoms with Crippen molar-refractivity contribution in [3.8, 4) is 0 Å². The third-order valence-electron chi connectivity index (χ3n) is 10.3. The number of aliphatic hydroxyl groups is 1. The topological polar surface area (TPSA) is 97.9 Å². The Morgan fingerprint density at radius 3 is 2.49 bits per heavy atom. The van der Waals surface area contributed by atoms with Crippen LogP contribution in [-0.4, -0.2) is 78.4 Å². The van der Waals surface area contributed by atoms with Gasteiger partial charge in [0.25, 0.3) is 0 Å². The van der Waals surface area contributed by atoms with E-state index in [1.54, 1.807) is 0 Å². The van der Waals surface area contributed by atoms with E-state index in [2.05, 4.69) is 53.9 Å². The SMILES string of the molecule is CC1CC2NC3C(=O)NC(O)N[C@H]3N(CCNCC3CCC(C(C)(C)C)CC3)C2CC1OC1CCCC1. The lowest BCUT2D eigenvalue weighted by atomic mass is 9.70. The summed E-state index contributed by atoms with van der Waals surface area (Å²) in [7, 11) is 0. The van der Waals surface area contributed by atoms with Crippen molar-refractivity contribution in [2.24, 2.45) is 23.2 Å². The van der Waals surface area contributed by atoms with Gasteiger partial charge in [-0.05, 0) is 81.1 Å². The normalized spacial score (nSPS) is 41.8. The number of hydrogen-bond donors (Lipinski definition) is 5. The minimum absolute atomic E-state index is 0.111. The summed E-state index contributed by atoms with van der Waals surface area (Å²) >= 11 is 0. The van der Waals surface area contributed by atoms with E-state index >= 15 is 0 Å². The van der Waals surface area contributed by atoms with Gasteiger partial charge in [-0.2, -0.15) is 0 Å². The fourth-order valence-electron chi connectivity index (χ4n) is 7.96. The van der Waals surface area contributed by atoms with E-state index in [1.807, 2.05) is 0 Å². The van der Waals surface area contributed by atoms with Gasteiger partial charge in [-0.25, -0.2) is 0 Å². The van der Waals surface area contributed by atoms with E-state index in [0.717, 1.165) is 44.3 Å². The predicted octanol–water partition coefficient (Wildman–Crippen LogP) is 2.52. The molecule has 2 heterocycles. The van der Waals surface area contributed by atoms with Crippen molar-refractivity contribution in [2.45, 2.75) is 135 Å². The number of hydrogen-bond acceptors (Lipinski definition) is 7. The molecular formula is C29H53N5O3. The molecule has 0 spiro atoms. The van der Waals surface area contributed by atoms with Crippen LogP contribution in [-0.2, 0) is 9.53 Å². The molecule has 8 nitrogen and oxygen atoms in total. The Labute approximate surface area is 224 Å². The van der Waals surface area contributed by atoms with E-state index in [-0.39, 0.29) is 30.3 Å². The van der Waals surface area contributed by atoms with Gasteiger partial charge in [-0.3, -0.25) is 20.3 Å². The molecule has 2 saturated heterocycles. The van der Waals surface area contributed by atoms with Crippen molar-refractivity contribution >= 4 is 5.91 Å². The molecule has 0 aromatic heterocycles. The number of nitrogens with one attached hydrogen (secondary N) is 4. The molecule has 3 saturated carbocycles. The fourth-order valence-corrected chi connectivity index (χ4v) is 7.96. The lowest BCUT2D eigenvalue weighted by molar-refractivity contribution is -0.148. The summed E-state index contributed by atoms with van der Waals surface area (Å²) in [6.07, 6.45) is 11.8. The van der Waals surface area contributed by atoms with Gasteiger partial charge in [0.1, 0.15) is 6.04 Å². The maximum Gasteiger partial charge on any atom is 0.243 e. The van der Waals surface area contributed by atoms with Gasteiger partial charge < -0.3 is 20.5 Å². The van der Waals surface area contributed by atoms with Crippen LogP contribution in [0.15, 0.2) is 0 Å². The second-order valence-corrected chi connectivity index (χ2v) is 13.9. The van der Waals surface area contributed by atoms with Crippen LogP contribution in [0.25, 0.3) is 0 Å². The first-order valence-corrected chi connectivity index (χ1v) is 15.3. The molecule has 8 heteroatoms. The van der Waals surface area contributed by atoms with Crippen molar-refractivity contribution < 1.29 is 14.6 Å². The van der Waals surface area contributed by atoms with Crippen molar-refractivity contribution in [3.63, 3.8) is 0 Å². The summed E-state index contributed by atoms with van der Waals surface area (Å²) in [4.78, 5) is 15.3.